The van der Waals surface area contributed by atoms with E-state index in [2.05, 4.69) is 10.3 Å². The van der Waals surface area contributed by atoms with Crippen LogP contribution in [0.4, 0.5) is 5.69 Å². The van der Waals surface area contributed by atoms with Gasteiger partial charge in [0, 0.05) is 12.7 Å². The van der Waals surface area contributed by atoms with Gasteiger partial charge in [-0.2, -0.15) is 0 Å². The van der Waals surface area contributed by atoms with Crippen molar-refractivity contribution in [2.24, 2.45) is 5.92 Å². The van der Waals surface area contributed by atoms with Gasteiger partial charge in [0.2, 0.25) is 5.88 Å². The second-order valence-electron chi connectivity index (χ2n) is 5.94. The number of pyridine rings is 1. The molecule has 1 aliphatic rings. The van der Waals surface area contributed by atoms with Crippen molar-refractivity contribution in [3.05, 3.63) is 18.3 Å². The zero-order valence-corrected chi connectivity index (χ0v) is 12.5. The summed E-state index contributed by atoms with van der Waals surface area (Å²) in [7, 11) is 0. The Morgan fingerprint density at radius 2 is 2.15 bits per heavy atom. The Labute approximate surface area is 121 Å². The Balaban J connectivity index is 1.83. The number of nitrogens with one attached hydrogen (secondary N) is 1. The van der Waals surface area contributed by atoms with Crippen LogP contribution in [0, 0.1) is 5.92 Å². The van der Waals surface area contributed by atoms with Crippen LogP contribution in [-0.4, -0.2) is 28.8 Å². The molecule has 0 amide bonds. The first-order chi connectivity index (χ1) is 9.65. The molecule has 4 nitrogen and oxygen atoms in total. The zero-order chi connectivity index (χ0) is 14.4. The first-order valence-electron chi connectivity index (χ1n) is 7.68. The van der Waals surface area contributed by atoms with Crippen LogP contribution in [0.3, 0.4) is 0 Å². The second-order valence-corrected chi connectivity index (χ2v) is 5.94. The van der Waals surface area contributed by atoms with Gasteiger partial charge in [-0.15, -0.1) is 0 Å². The van der Waals surface area contributed by atoms with Crippen LogP contribution in [0.5, 0.6) is 5.88 Å². The van der Waals surface area contributed by atoms with E-state index in [-0.39, 0.29) is 12.2 Å². The molecule has 1 fully saturated rings. The Morgan fingerprint density at radius 3 is 2.85 bits per heavy atom. The fourth-order valence-corrected chi connectivity index (χ4v) is 2.78. The highest BCUT2D eigenvalue weighted by atomic mass is 16.5. The molecule has 1 unspecified atom stereocenters. The lowest BCUT2D eigenvalue weighted by molar-refractivity contribution is 0.154. The third-order valence-electron chi connectivity index (χ3n) is 3.73. The number of aliphatic hydroxyl groups excluding tert-OH is 1. The number of rotatable bonds is 7. The fourth-order valence-electron chi connectivity index (χ4n) is 2.78. The number of anilines is 1. The van der Waals surface area contributed by atoms with Crippen molar-refractivity contribution >= 4 is 5.69 Å². The van der Waals surface area contributed by atoms with Crippen molar-refractivity contribution in [3.63, 3.8) is 0 Å². The summed E-state index contributed by atoms with van der Waals surface area (Å²) in [5, 5.41) is 13.4. The molecule has 0 aliphatic heterocycles. The molecule has 4 heteroatoms. The lowest BCUT2D eigenvalue weighted by Gasteiger charge is -2.18. The van der Waals surface area contributed by atoms with Crippen molar-refractivity contribution < 1.29 is 9.84 Å². The highest BCUT2D eigenvalue weighted by molar-refractivity contribution is 5.52. The van der Waals surface area contributed by atoms with E-state index in [1.165, 1.54) is 25.7 Å². The normalized spacial score (nSPS) is 17.4. The number of nitrogens with zero attached hydrogens (tertiary/aromatic N) is 1. The van der Waals surface area contributed by atoms with E-state index >= 15 is 0 Å². The molecule has 0 saturated heterocycles. The highest BCUT2D eigenvalue weighted by Gasteiger charge is 2.19. The molecular formula is C16H26N2O2. The van der Waals surface area contributed by atoms with Gasteiger partial charge in [0.15, 0.2) is 0 Å². The third kappa shape index (κ3) is 4.67. The van der Waals surface area contributed by atoms with Crippen molar-refractivity contribution in [1.29, 1.82) is 0 Å². The van der Waals surface area contributed by atoms with E-state index in [9.17, 15) is 5.11 Å². The van der Waals surface area contributed by atoms with Crippen LogP contribution in [-0.2, 0) is 0 Å². The highest BCUT2D eigenvalue weighted by Crippen LogP contribution is 2.29. The quantitative estimate of drug-likeness (QED) is 0.804. The van der Waals surface area contributed by atoms with Gasteiger partial charge in [-0.25, -0.2) is 4.98 Å². The van der Waals surface area contributed by atoms with Crippen molar-refractivity contribution in [2.75, 3.05) is 11.9 Å². The Bertz CT molecular complexity index is 403. The monoisotopic (exact) mass is 278 g/mol. The standard InChI is InChI=1S/C16H26N2O2/c1-12(2)20-16-15(8-5-9-17-16)18-11-14(19)10-13-6-3-4-7-13/h5,8-9,12-14,18-19H,3-4,6-7,10-11H2,1-2H3. The largest absolute Gasteiger partial charge is 0.473 e. The summed E-state index contributed by atoms with van der Waals surface area (Å²) in [4.78, 5) is 4.23. The molecule has 1 aromatic heterocycles. The summed E-state index contributed by atoms with van der Waals surface area (Å²) < 4.78 is 5.66. The number of ether oxygens (including phenoxy) is 1. The predicted molar refractivity (Wildman–Crippen MR) is 81.1 cm³/mol. The van der Waals surface area contributed by atoms with E-state index < -0.39 is 0 Å². The molecule has 1 aromatic rings. The van der Waals surface area contributed by atoms with Crippen molar-refractivity contribution in [2.45, 2.75) is 58.2 Å². The molecule has 0 aromatic carbocycles. The molecule has 0 spiro atoms. The number of aliphatic hydroxyl groups is 1. The molecular weight excluding hydrogens is 252 g/mol. The maximum Gasteiger partial charge on any atom is 0.237 e. The van der Waals surface area contributed by atoms with Crippen molar-refractivity contribution in [1.82, 2.24) is 4.98 Å². The maximum atomic E-state index is 10.1. The molecule has 1 heterocycles. The summed E-state index contributed by atoms with van der Waals surface area (Å²) >= 11 is 0. The minimum absolute atomic E-state index is 0.0915. The first kappa shape index (κ1) is 15.1. The molecule has 0 radical (unpaired) electrons. The van der Waals surface area contributed by atoms with Gasteiger partial charge in [0.05, 0.1) is 17.9 Å². The zero-order valence-electron chi connectivity index (χ0n) is 12.5. The maximum absolute atomic E-state index is 10.1. The number of hydrogen-bond donors (Lipinski definition) is 2. The second kappa shape index (κ2) is 7.48. The lowest BCUT2D eigenvalue weighted by atomic mass is 10.00. The molecule has 2 rings (SSSR count). The summed E-state index contributed by atoms with van der Waals surface area (Å²) in [5.74, 6) is 1.31. The molecule has 20 heavy (non-hydrogen) atoms. The molecule has 1 atom stereocenters. The summed E-state index contributed by atoms with van der Waals surface area (Å²) in [5.41, 5.74) is 0.853. The number of hydrogen-bond acceptors (Lipinski definition) is 4. The Kier molecular flexibility index (Phi) is 5.65. The van der Waals surface area contributed by atoms with Crippen LogP contribution >= 0.6 is 0 Å². The topological polar surface area (TPSA) is 54.4 Å². The van der Waals surface area contributed by atoms with Crippen LogP contribution in [0.15, 0.2) is 18.3 Å². The first-order valence-corrected chi connectivity index (χ1v) is 7.68. The van der Waals surface area contributed by atoms with Crippen LogP contribution in [0.1, 0.15) is 46.0 Å². The SMILES string of the molecule is CC(C)Oc1ncccc1NCC(O)CC1CCCC1. The minimum Gasteiger partial charge on any atom is -0.473 e. The van der Waals surface area contributed by atoms with Gasteiger partial charge in [0.25, 0.3) is 0 Å². The van der Waals surface area contributed by atoms with E-state index in [0.29, 0.717) is 18.3 Å². The molecule has 0 bridgehead atoms. The Morgan fingerprint density at radius 1 is 1.40 bits per heavy atom. The summed E-state index contributed by atoms with van der Waals surface area (Å²) in [6.45, 7) is 4.51. The van der Waals surface area contributed by atoms with E-state index in [0.717, 1.165) is 12.1 Å². The molecule has 1 saturated carbocycles. The number of aromatic nitrogens is 1. The van der Waals surface area contributed by atoms with Gasteiger partial charge >= 0.3 is 0 Å². The molecule has 1 aliphatic carbocycles. The Hall–Kier alpha value is -1.29. The van der Waals surface area contributed by atoms with Gasteiger partial charge in [-0.3, -0.25) is 0 Å². The predicted octanol–water partition coefficient (Wildman–Crippen LogP) is 3.22. The average Bonchev–Trinajstić information content (AvgIpc) is 2.90. The van der Waals surface area contributed by atoms with Crippen LogP contribution in [0.25, 0.3) is 0 Å². The van der Waals surface area contributed by atoms with Gasteiger partial charge in [0.1, 0.15) is 0 Å². The van der Waals surface area contributed by atoms with Crippen LogP contribution < -0.4 is 10.1 Å². The summed E-state index contributed by atoms with van der Waals surface area (Å²) in [6.07, 6.45) is 7.58. The van der Waals surface area contributed by atoms with Crippen LogP contribution in [0.2, 0.25) is 0 Å². The lowest BCUT2D eigenvalue weighted by Crippen LogP contribution is -2.22. The molecule has 112 valence electrons. The van der Waals surface area contributed by atoms with E-state index in [4.69, 9.17) is 4.74 Å². The van der Waals surface area contributed by atoms with Gasteiger partial charge in [-0.1, -0.05) is 25.7 Å². The minimum atomic E-state index is -0.301. The van der Waals surface area contributed by atoms with E-state index in [1.807, 2.05) is 26.0 Å². The average molecular weight is 278 g/mol. The third-order valence-corrected chi connectivity index (χ3v) is 3.73. The van der Waals surface area contributed by atoms with Crippen molar-refractivity contribution in [3.8, 4) is 5.88 Å². The van der Waals surface area contributed by atoms with Gasteiger partial charge < -0.3 is 15.2 Å². The van der Waals surface area contributed by atoms with E-state index in [1.54, 1.807) is 6.20 Å². The summed E-state index contributed by atoms with van der Waals surface area (Å²) in [6, 6.07) is 3.81. The fraction of sp³-hybridized carbons (Fsp3) is 0.688. The smallest absolute Gasteiger partial charge is 0.237 e. The van der Waals surface area contributed by atoms with Gasteiger partial charge in [-0.05, 0) is 38.3 Å². The molecule has 2 N–H and O–H groups in total.